The van der Waals surface area contributed by atoms with Crippen molar-refractivity contribution in [3.05, 3.63) is 23.5 Å². The molecule has 1 saturated heterocycles. The van der Waals surface area contributed by atoms with E-state index in [-0.39, 0.29) is 5.54 Å². The summed E-state index contributed by atoms with van der Waals surface area (Å²) in [7, 11) is -1.71. The maximum Gasteiger partial charge on any atom is 0.223 e. The number of amides is 1. The van der Waals surface area contributed by atoms with Gasteiger partial charge in [0.15, 0.2) is 8.24 Å². The van der Waals surface area contributed by atoms with Gasteiger partial charge in [-0.25, -0.2) is 0 Å². The van der Waals surface area contributed by atoms with E-state index in [0.717, 1.165) is 32.2 Å². The van der Waals surface area contributed by atoms with E-state index >= 15 is 0 Å². The fourth-order valence-electron chi connectivity index (χ4n) is 6.31. The highest BCUT2D eigenvalue weighted by Crippen LogP contribution is 2.47. The van der Waals surface area contributed by atoms with Gasteiger partial charge in [0, 0.05) is 19.2 Å². The van der Waals surface area contributed by atoms with Crippen molar-refractivity contribution in [3.8, 4) is 0 Å². The van der Waals surface area contributed by atoms with E-state index in [2.05, 4.69) is 70.0 Å². The molecule has 0 spiro atoms. The summed E-state index contributed by atoms with van der Waals surface area (Å²) >= 11 is 0. The van der Waals surface area contributed by atoms with Gasteiger partial charge in [0.1, 0.15) is 0 Å². The number of carbonyl (C=O) groups is 1. The summed E-state index contributed by atoms with van der Waals surface area (Å²) in [6.45, 7) is 17.7. The van der Waals surface area contributed by atoms with Crippen LogP contribution in [0.2, 0.25) is 16.6 Å². The second kappa shape index (κ2) is 6.29. The zero-order chi connectivity index (χ0) is 18.6. The third-order valence-electron chi connectivity index (χ3n) is 7.27. The first kappa shape index (κ1) is 18.7. The zero-order valence-electron chi connectivity index (χ0n) is 17.2. The molecule has 0 unspecified atom stereocenters. The minimum atomic E-state index is -1.71. The molecule has 0 saturated carbocycles. The molecule has 3 heterocycles. The Hall–Kier alpha value is -1.03. The monoisotopic (exact) mass is 360 g/mol. The van der Waals surface area contributed by atoms with Crippen LogP contribution in [-0.4, -0.2) is 29.8 Å². The molecule has 1 atom stereocenters. The average molecular weight is 361 g/mol. The first-order chi connectivity index (χ1) is 11.7. The number of hydrogen-bond acceptors (Lipinski definition) is 1. The molecule has 2 aliphatic heterocycles. The van der Waals surface area contributed by atoms with Gasteiger partial charge in [-0.1, -0.05) is 41.5 Å². The van der Waals surface area contributed by atoms with Crippen molar-refractivity contribution in [2.24, 2.45) is 0 Å². The molecule has 4 heteroatoms. The Kier molecular flexibility index (Phi) is 4.72. The van der Waals surface area contributed by atoms with Gasteiger partial charge in [-0.05, 0) is 60.1 Å². The van der Waals surface area contributed by atoms with Gasteiger partial charge in [-0.3, -0.25) is 4.79 Å². The van der Waals surface area contributed by atoms with Crippen molar-refractivity contribution in [1.29, 1.82) is 0 Å². The van der Waals surface area contributed by atoms with E-state index in [4.69, 9.17) is 0 Å². The molecule has 0 radical (unpaired) electrons. The van der Waals surface area contributed by atoms with Crippen molar-refractivity contribution in [3.63, 3.8) is 0 Å². The lowest BCUT2D eigenvalue weighted by molar-refractivity contribution is -0.142. The van der Waals surface area contributed by atoms with Crippen LogP contribution in [0, 0.1) is 0 Å². The van der Waals surface area contributed by atoms with E-state index in [1.165, 1.54) is 11.1 Å². The molecule has 3 nitrogen and oxygen atoms in total. The minimum absolute atomic E-state index is 0.0841. The van der Waals surface area contributed by atoms with E-state index in [1.807, 2.05) is 0 Å². The molecule has 3 rings (SSSR count). The molecule has 1 aromatic rings. The molecule has 25 heavy (non-hydrogen) atoms. The summed E-state index contributed by atoms with van der Waals surface area (Å²) in [5.41, 5.74) is 4.92. The zero-order valence-corrected chi connectivity index (χ0v) is 18.2. The molecule has 1 aromatic heterocycles. The maximum absolute atomic E-state index is 12.5. The third kappa shape index (κ3) is 2.55. The molecule has 1 amide bonds. The van der Waals surface area contributed by atoms with Gasteiger partial charge in [-0.2, -0.15) is 0 Å². The lowest BCUT2D eigenvalue weighted by Crippen LogP contribution is -2.54. The number of aromatic nitrogens is 1. The van der Waals surface area contributed by atoms with Gasteiger partial charge < -0.3 is 9.13 Å². The van der Waals surface area contributed by atoms with Gasteiger partial charge in [0.05, 0.1) is 5.54 Å². The quantitative estimate of drug-likeness (QED) is 0.669. The van der Waals surface area contributed by atoms with E-state index in [9.17, 15) is 4.79 Å². The number of piperidine rings is 1. The first-order valence-corrected chi connectivity index (χ1v) is 12.4. The average Bonchev–Trinajstić information content (AvgIpc) is 2.92. The molecule has 0 N–H and O–H groups in total. The Balaban J connectivity index is 2.14. The molecule has 1 fully saturated rings. The van der Waals surface area contributed by atoms with Crippen molar-refractivity contribution < 1.29 is 4.79 Å². The van der Waals surface area contributed by atoms with Gasteiger partial charge in [0.2, 0.25) is 5.91 Å². The van der Waals surface area contributed by atoms with Crippen LogP contribution in [0.5, 0.6) is 0 Å². The number of nitrogens with zero attached hydrogens (tertiary/aromatic N) is 2. The SMILES string of the molecule is CC(C)[Si](C(C)C)(C(C)C)n1cc2c(c1)[C@@]1(C)CCCC(=O)N1CC2. The molecule has 0 bridgehead atoms. The van der Waals surface area contributed by atoms with Gasteiger partial charge >= 0.3 is 0 Å². The van der Waals surface area contributed by atoms with Crippen molar-refractivity contribution in [1.82, 2.24) is 9.13 Å². The van der Waals surface area contributed by atoms with Crippen LogP contribution in [0.4, 0.5) is 0 Å². The fraction of sp³-hybridized carbons (Fsp3) is 0.762. The predicted molar refractivity (Wildman–Crippen MR) is 107 cm³/mol. The normalized spacial score (nSPS) is 24.2. The van der Waals surface area contributed by atoms with Crippen LogP contribution in [0.3, 0.4) is 0 Å². The largest absolute Gasteiger partial charge is 0.379 e. The first-order valence-electron chi connectivity index (χ1n) is 10.2. The Labute approximate surface area is 154 Å². The smallest absolute Gasteiger partial charge is 0.223 e. The Morgan fingerprint density at radius 2 is 1.60 bits per heavy atom. The molecule has 0 aromatic carbocycles. The van der Waals surface area contributed by atoms with E-state index in [1.54, 1.807) is 0 Å². The Bertz CT molecular complexity index is 639. The topological polar surface area (TPSA) is 25.2 Å². The molecular formula is C21H36N2OSi. The highest BCUT2D eigenvalue weighted by molar-refractivity contribution is 6.82. The van der Waals surface area contributed by atoms with Crippen molar-refractivity contribution >= 4 is 14.1 Å². The second-order valence-electron chi connectivity index (χ2n) is 9.38. The molecule has 2 aliphatic rings. The van der Waals surface area contributed by atoms with Crippen molar-refractivity contribution in [2.45, 2.75) is 96.3 Å². The summed E-state index contributed by atoms with van der Waals surface area (Å²) in [4.78, 5) is 14.7. The van der Waals surface area contributed by atoms with Crippen LogP contribution < -0.4 is 0 Å². The highest BCUT2D eigenvalue weighted by atomic mass is 28.3. The van der Waals surface area contributed by atoms with E-state index < -0.39 is 8.24 Å². The van der Waals surface area contributed by atoms with Crippen LogP contribution in [-0.2, 0) is 16.8 Å². The summed E-state index contributed by atoms with van der Waals surface area (Å²) in [6, 6.07) is 0. The lowest BCUT2D eigenvalue weighted by atomic mass is 9.78. The van der Waals surface area contributed by atoms with Gasteiger partial charge in [-0.15, -0.1) is 0 Å². The standard InChI is InChI=1S/C21H36N2OSi/c1-15(2)25(16(3)4,17(5)6)22-13-18-10-12-23-20(24)9-8-11-21(23,7)19(18)14-22/h13-17H,8-12H2,1-7H3/t21-/m1/s1. The number of carbonyl (C=O) groups excluding carboxylic acids is 1. The fourth-order valence-corrected chi connectivity index (χ4v) is 12.8. The van der Waals surface area contributed by atoms with Crippen LogP contribution >= 0.6 is 0 Å². The molecule has 140 valence electrons. The number of hydrogen-bond donors (Lipinski definition) is 0. The Morgan fingerprint density at radius 1 is 1.00 bits per heavy atom. The Morgan fingerprint density at radius 3 is 2.16 bits per heavy atom. The number of fused-ring (bicyclic) bond motifs is 3. The summed E-state index contributed by atoms with van der Waals surface area (Å²) in [5.74, 6) is 0.354. The van der Waals surface area contributed by atoms with Gasteiger partial charge in [0.25, 0.3) is 0 Å². The summed E-state index contributed by atoms with van der Waals surface area (Å²) in [6.07, 6.45) is 8.82. The molecule has 0 aliphatic carbocycles. The van der Waals surface area contributed by atoms with Crippen LogP contribution in [0.15, 0.2) is 12.4 Å². The van der Waals surface area contributed by atoms with Crippen LogP contribution in [0.25, 0.3) is 0 Å². The third-order valence-corrected chi connectivity index (χ3v) is 14.0. The second-order valence-corrected chi connectivity index (χ2v) is 15.1. The highest BCUT2D eigenvalue weighted by Gasteiger charge is 2.48. The molecular weight excluding hydrogens is 324 g/mol. The lowest BCUT2D eigenvalue weighted by Gasteiger charge is -2.48. The predicted octanol–water partition coefficient (Wildman–Crippen LogP) is 5.30. The van der Waals surface area contributed by atoms with E-state index in [0.29, 0.717) is 22.5 Å². The van der Waals surface area contributed by atoms with Crippen molar-refractivity contribution in [2.75, 3.05) is 6.54 Å². The minimum Gasteiger partial charge on any atom is -0.379 e. The number of rotatable bonds is 4. The summed E-state index contributed by atoms with van der Waals surface area (Å²) < 4.78 is 2.67. The summed E-state index contributed by atoms with van der Waals surface area (Å²) in [5, 5.41) is 0. The maximum atomic E-state index is 12.5. The van der Waals surface area contributed by atoms with Crippen LogP contribution in [0.1, 0.15) is 78.9 Å².